The van der Waals surface area contributed by atoms with Gasteiger partial charge in [0.2, 0.25) is 5.88 Å². The molecular formula is C61H69F2N9O10S. The van der Waals surface area contributed by atoms with Crippen LogP contribution in [0.25, 0.3) is 11.0 Å². The summed E-state index contributed by atoms with van der Waals surface area (Å²) in [5.41, 5.74) is 4.06. The highest BCUT2D eigenvalue weighted by Gasteiger charge is 2.51. The number of aromatic nitrogens is 2. The number of nitro benzene ring substituents is 1. The van der Waals surface area contributed by atoms with Crippen LogP contribution >= 0.6 is 0 Å². The van der Waals surface area contributed by atoms with Crippen LogP contribution in [0.5, 0.6) is 17.4 Å². The Morgan fingerprint density at radius 2 is 1.70 bits per heavy atom. The molecule has 438 valence electrons. The Balaban J connectivity index is 0.773. The molecule has 1 spiro atoms. The van der Waals surface area contributed by atoms with Gasteiger partial charge in [-0.15, -0.1) is 0 Å². The van der Waals surface area contributed by atoms with Gasteiger partial charge in [-0.3, -0.25) is 24.7 Å². The van der Waals surface area contributed by atoms with Crippen molar-refractivity contribution in [2.24, 2.45) is 11.3 Å². The smallest absolute Gasteiger partial charge is 0.297 e. The number of rotatable bonds is 13. The first-order valence-electron chi connectivity index (χ1n) is 29.0. The van der Waals surface area contributed by atoms with Gasteiger partial charge in [-0.25, -0.2) is 21.9 Å². The highest BCUT2D eigenvalue weighted by molar-refractivity contribution is 7.90. The molecule has 2 aromatic heterocycles. The van der Waals surface area contributed by atoms with Gasteiger partial charge in [-0.2, -0.15) is 4.98 Å². The first-order chi connectivity index (χ1) is 40.1. The first kappa shape index (κ1) is 55.1. The van der Waals surface area contributed by atoms with Gasteiger partial charge in [0.15, 0.2) is 11.4 Å². The molecule has 22 heteroatoms. The number of fused-ring (bicyclic) bond motifs is 4. The summed E-state index contributed by atoms with van der Waals surface area (Å²) in [6.07, 6.45) is 7.23. The second-order valence-corrected chi connectivity index (χ2v) is 25.5. The molecule has 5 fully saturated rings. The van der Waals surface area contributed by atoms with Gasteiger partial charge in [0.25, 0.3) is 21.6 Å². The Labute approximate surface area is 480 Å². The van der Waals surface area contributed by atoms with E-state index >= 15 is 0 Å². The summed E-state index contributed by atoms with van der Waals surface area (Å²) >= 11 is 0. The van der Waals surface area contributed by atoms with E-state index in [1.54, 1.807) is 12.3 Å². The number of hydrogen-bond acceptors (Lipinski definition) is 16. The average Bonchev–Trinajstić information content (AvgIpc) is 4.14. The van der Waals surface area contributed by atoms with Crippen LogP contribution in [0.15, 0.2) is 90.0 Å². The topological polar surface area (TPSA) is 206 Å². The fraction of sp³-hybridized carbons (Fsp3) is 0.475. The predicted molar refractivity (Wildman–Crippen MR) is 307 cm³/mol. The standard InChI is InChI=1S/C61H69F2N9O10S/c1-36(2)81-54-7-5-4-6-44(54)53-33-68(32-38-24-46(62)37(3)47(63)25-38)19-20-70(53)42-30-61(31-42)14-17-69(18-15-61)41-8-9-45(50(27-41)71-49-13-23-79-35-56(49)82-60-52(71)26-40-10-16-64-58(40)66-60)59(73)67-83(76,77)43-28-51(72(74)75)57-55(29-43)80-34-48(65-57)39-11-21-78-22-12-39/h4-10,16,24-29,36,39,42,48-49,53,56,65H,11-15,17-23,30-35H2,1-3H3,(H,64,66)(H,67,73)/t48-,49-,53-,56-/m0/s1. The maximum atomic E-state index is 14.9. The van der Waals surface area contributed by atoms with Crippen molar-refractivity contribution in [3.63, 3.8) is 0 Å². The van der Waals surface area contributed by atoms with Crippen LogP contribution < -0.4 is 34.0 Å². The Morgan fingerprint density at radius 3 is 2.47 bits per heavy atom. The van der Waals surface area contributed by atoms with Crippen molar-refractivity contribution in [2.75, 3.05) is 80.9 Å². The Morgan fingerprint density at radius 1 is 0.928 bits per heavy atom. The Bertz CT molecular complexity index is 3560. The molecule has 0 radical (unpaired) electrons. The molecule has 1 amide bonds. The van der Waals surface area contributed by atoms with Crippen molar-refractivity contribution >= 4 is 55.4 Å². The number of para-hydroxylation sites is 1. The minimum Gasteiger partial charge on any atom is -0.491 e. The zero-order valence-electron chi connectivity index (χ0n) is 46.8. The molecule has 6 aromatic rings. The number of sulfonamides is 1. The first-order valence-corrected chi connectivity index (χ1v) is 30.5. The van der Waals surface area contributed by atoms with Crippen LogP contribution in [0.4, 0.5) is 37.2 Å². The second kappa shape index (κ2) is 22.1. The molecule has 8 heterocycles. The van der Waals surface area contributed by atoms with Crippen molar-refractivity contribution in [1.82, 2.24) is 24.5 Å². The number of H-pyrrole nitrogens is 1. The van der Waals surface area contributed by atoms with Gasteiger partial charge in [0, 0.05) is 106 Å². The zero-order chi connectivity index (χ0) is 57.3. The lowest BCUT2D eigenvalue weighted by molar-refractivity contribution is -0.384. The normalized spacial score (nSPS) is 23.1. The van der Waals surface area contributed by atoms with Crippen molar-refractivity contribution in [1.29, 1.82) is 0 Å². The summed E-state index contributed by atoms with van der Waals surface area (Å²) in [4.78, 5) is 43.7. The van der Waals surface area contributed by atoms with Gasteiger partial charge in [0.05, 0.1) is 51.9 Å². The van der Waals surface area contributed by atoms with E-state index in [0.29, 0.717) is 73.8 Å². The number of nitrogens with one attached hydrogen (secondary N) is 3. The van der Waals surface area contributed by atoms with Crippen LogP contribution in [0, 0.1) is 40.0 Å². The van der Waals surface area contributed by atoms with Crippen LogP contribution in [0.3, 0.4) is 0 Å². The van der Waals surface area contributed by atoms with Crippen LogP contribution in [-0.2, 0) is 26.0 Å². The second-order valence-electron chi connectivity index (χ2n) is 23.8. The van der Waals surface area contributed by atoms with Gasteiger partial charge in [-0.1, -0.05) is 18.2 Å². The van der Waals surface area contributed by atoms with E-state index < -0.39 is 49.2 Å². The number of piperazine rings is 1. The third kappa shape index (κ3) is 10.7. The number of anilines is 4. The minimum absolute atomic E-state index is 0.00669. The molecule has 3 N–H and O–H groups in total. The fourth-order valence-electron chi connectivity index (χ4n) is 13.9. The highest BCUT2D eigenvalue weighted by Crippen LogP contribution is 2.54. The van der Waals surface area contributed by atoms with E-state index in [2.05, 4.69) is 40.7 Å². The summed E-state index contributed by atoms with van der Waals surface area (Å²) in [5.74, 6) is -0.664. The monoisotopic (exact) mass is 1160 g/mol. The highest BCUT2D eigenvalue weighted by atomic mass is 32.2. The molecule has 19 nitrogen and oxygen atoms in total. The molecule has 1 saturated carbocycles. The molecule has 13 rings (SSSR count). The third-order valence-corrected chi connectivity index (χ3v) is 19.7. The summed E-state index contributed by atoms with van der Waals surface area (Å²) in [7, 11) is -4.74. The van der Waals surface area contributed by atoms with Crippen LogP contribution in [0.2, 0.25) is 0 Å². The van der Waals surface area contributed by atoms with Gasteiger partial charge in [-0.05, 0) is 131 Å². The molecule has 83 heavy (non-hydrogen) atoms. The predicted octanol–water partition coefficient (Wildman–Crippen LogP) is 9.56. The number of carbonyl (C=O) groups is 1. The number of hydrogen-bond donors (Lipinski definition) is 3. The quantitative estimate of drug-likeness (QED) is 0.0727. The van der Waals surface area contributed by atoms with E-state index in [1.807, 2.05) is 56.3 Å². The number of piperidine rings is 1. The van der Waals surface area contributed by atoms with Crippen molar-refractivity contribution < 1.29 is 50.6 Å². The minimum atomic E-state index is -4.74. The van der Waals surface area contributed by atoms with Crippen molar-refractivity contribution in [3.8, 4) is 17.4 Å². The van der Waals surface area contributed by atoms with E-state index in [-0.39, 0.29) is 71.3 Å². The number of ether oxygens (including phenoxy) is 5. The number of halogens is 2. The number of aromatic amines is 1. The Kier molecular flexibility index (Phi) is 14.7. The summed E-state index contributed by atoms with van der Waals surface area (Å²) in [6, 6.07) is 22.4. The van der Waals surface area contributed by atoms with Crippen LogP contribution in [0.1, 0.15) is 91.9 Å². The van der Waals surface area contributed by atoms with Crippen LogP contribution in [-0.4, -0.2) is 135 Å². The lowest BCUT2D eigenvalue weighted by Gasteiger charge is -2.58. The SMILES string of the molecule is Cc1c(F)cc(CN2CCN(C3CC4(CCN(c5ccc(C(=O)NS(=O)(=O)c6cc7c(c([N+](=O)[O-])c6)N[C@H](C6CCOCC6)CO7)c(N6c7cc8cc[nH]c8nc7O[C@H]7COCC[C@@H]76)c5)CC4)C3)[C@H](c3ccccc3OC(C)C)C2)cc1F. The molecule has 0 unspecified atom stereocenters. The number of carbonyl (C=O) groups excluding carboxylic acids is 1. The lowest BCUT2D eigenvalue weighted by atomic mass is 9.59. The fourth-order valence-corrected chi connectivity index (χ4v) is 14.9. The number of pyridine rings is 1. The number of amides is 1. The molecule has 4 aromatic carbocycles. The lowest BCUT2D eigenvalue weighted by Crippen LogP contribution is -2.59. The molecular weight excluding hydrogens is 1090 g/mol. The molecule has 6 aliphatic heterocycles. The van der Waals surface area contributed by atoms with E-state index in [4.69, 9.17) is 28.7 Å². The number of benzene rings is 4. The Hall–Kier alpha value is -7.11. The van der Waals surface area contributed by atoms with Gasteiger partial charge < -0.3 is 43.8 Å². The molecule has 7 aliphatic rings. The maximum Gasteiger partial charge on any atom is 0.297 e. The third-order valence-electron chi connectivity index (χ3n) is 18.4. The van der Waals surface area contributed by atoms with E-state index in [9.17, 15) is 32.1 Å². The summed E-state index contributed by atoms with van der Waals surface area (Å²) < 4.78 is 91.2. The number of nitrogens with zero attached hydrogens (tertiary/aromatic N) is 6. The van der Waals surface area contributed by atoms with E-state index in [1.165, 1.54) is 25.1 Å². The maximum absolute atomic E-state index is 14.9. The van der Waals surface area contributed by atoms with E-state index in [0.717, 1.165) is 93.2 Å². The van der Waals surface area contributed by atoms with Gasteiger partial charge >= 0.3 is 0 Å². The molecule has 4 atom stereocenters. The summed E-state index contributed by atoms with van der Waals surface area (Å²) in [6.45, 7) is 11.6. The van der Waals surface area contributed by atoms with Crippen molar-refractivity contribution in [3.05, 3.63) is 129 Å². The largest absolute Gasteiger partial charge is 0.491 e. The number of nitro groups is 1. The van der Waals surface area contributed by atoms with Gasteiger partial charge in [0.1, 0.15) is 41.4 Å². The molecule has 4 saturated heterocycles. The van der Waals surface area contributed by atoms with Crippen molar-refractivity contribution in [2.45, 2.75) is 114 Å². The molecule has 1 aliphatic carbocycles. The molecule has 0 bridgehead atoms. The average molecular weight is 1160 g/mol. The summed E-state index contributed by atoms with van der Waals surface area (Å²) in [5, 5.41) is 16.7. The zero-order valence-corrected chi connectivity index (χ0v) is 47.6.